The summed E-state index contributed by atoms with van der Waals surface area (Å²) in [5.41, 5.74) is 0.752. The Morgan fingerprint density at radius 3 is 2.73 bits per heavy atom. The third-order valence-electron chi connectivity index (χ3n) is 2.23. The van der Waals surface area contributed by atoms with Gasteiger partial charge < -0.3 is 10.4 Å². The van der Waals surface area contributed by atoms with E-state index in [9.17, 15) is 4.79 Å². The number of nitrogens with one attached hydrogen (secondary N) is 1. The molecule has 1 aromatic heterocycles. The molecule has 2 N–H and O–H groups in total. The van der Waals surface area contributed by atoms with Gasteiger partial charge in [0.2, 0.25) is 0 Å². The first kappa shape index (κ1) is 12.2. The van der Waals surface area contributed by atoms with E-state index in [2.05, 4.69) is 5.32 Å². The number of carbonyl (C=O) groups excluding carboxylic acids is 1. The first-order valence-corrected chi connectivity index (χ1v) is 5.85. The lowest BCUT2D eigenvalue weighted by atomic mass is 10.2. The van der Waals surface area contributed by atoms with Gasteiger partial charge >= 0.3 is 0 Å². The maximum atomic E-state index is 11.8. The van der Waals surface area contributed by atoms with Gasteiger partial charge in [0.15, 0.2) is 0 Å². The van der Waals surface area contributed by atoms with E-state index in [1.807, 2.05) is 26.8 Å². The van der Waals surface area contributed by atoms with Crippen molar-refractivity contribution in [2.24, 2.45) is 0 Å². The van der Waals surface area contributed by atoms with Crippen molar-refractivity contribution < 1.29 is 9.90 Å². The van der Waals surface area contributed by atoms with E-state index < -0.39 is 0 Å². The number of rotatable bonds is 4. The molecule has 15 heavy (non-hydrogen) atoms. The molecule has 4 heteroatoms. The van der Waals surface area contributed by atoms with E-state index in [4.69, 9.17) is 5.11 Å². The zero-order chi connectivity index (χ0) is 11.4. The van der Waals surface area contributed by atoms with E-state index >= 15 is 0 Å². The summed E-state index contributed by atoms with van der Waals surface area (Å²) < 4.78 is 0. The van der Waals surface area contributed by atoms with Gasteiger partial charge in [-0.25, -0.2) is 0 Å². The lowest BCUT2D eigenvalue weighted by molar-refractivity contribution is 0.0934. The Morgan fingerprint density at radius 2 is 2.27 bits per heavy atom. The van der Waals surface area contributed by atoms with E-state index in [1.165, 1.54) is 0 Å². The Morgan fingerprint density at radius 1 is 1.60 bits per heavy atom. The quantitative estimate of drug-likeness (QED) is 0.825. The summed E-state index contributed by atoms with van der Waals surface area (Å²) in [6.07, 6.45) is 0.591. The Kier molecular flexibility index (Phi) is 4.29. The normalized spacial score (nSPS) is 12.5. The summed E-state index contributed by atoms with van der Waals surface area (Å²) in [6.45, 7) is 5.93. The summed E-state index contributed by atoms with van der Waals surface area (Å²) in [6, 6.07) is 1.92. The molecule has 1 aromatic rings. The largest absolute Gasteiger partial charge is 0.396 e. The molecular formula is C11H17NO2S. The average Bonchev–Trinajstić information content (AvgIpc) is 2.45. The van der Waals surface area contributed by atoms with Crippen LogP contribution in [0.2, 0.25) is 0 Å². The third kappa shape index (κ3) is 3.32. The number of aliphatic hydroxyl groups is 1. The number of aryl methyl sites for hydroxylation is 2. The molecule has 0 fully saturated rings. The molecule has 84 valence electrons. The monoisotopic (exact) mass is 227 g/mol. The van der Waals surface area contributed by atoms with E-state index in [1.54, 1.807) is 11.3 Å². The van der Waals surface area contributed by atoms with Crippen molar-refractivity contribution in [1.82, 2.24) is 5.32 Å². The Hall–Kier alpha value is -0.870. The second kappa shape index (κ2) is 5.28. The zero-order valence-electron chi connectivity index (χ0n) is 9.33. The standard InChI is InChI=1S/C11H17NO2S/c1-7(4-5-13)12-11(14)10-6-8(2)15-9(10)3/h6-7,13H,4-5H2,1-3H3,(H,12,14). The van der Waals surface area contributed by atoms with Gasteiger partial charge in [-0.15, -0.1) is 11.3 Å². The van der Waals surface area contributed by atoms with Crippen molar-refractivity contribution in [2.45, 2.75) is 33.2 Å². The number of amides is 1. The van der Waals surface area contributed by atoms with Crippen LogP contribution in [0.1, 0.15) is 33.5 Å². The third-order valence-corrected chi connectivity index (χ3v) is 3.19. The summed E-state index contributed by atoms with van der Waals surface area (Å²) >= 11 is 1.63. The number of carbonyl (C=O) groups is 1. The van der Waals surface area contributed by atoms with Crippen molar-refractivity contribution >= 4 is 17.2 Å². The van der Waals surface area contributed by atoms with Gasteiger partial charge in [0, 0.05) is 22.4 Å². The molecule has 0 aliphatic carbocycles. The van der Waals surface area contributed by atoms with Gasteiger partial charge in [-0.05, 0) is 33.3 Å². The maximum Gasteiger partial charge on any atom is 0.252 e. The molecule has 0 saturated heterocycles. The fourth-order valence-corrected chi connectivity index (χ4v) is 2.34. The summed E-state index contributed by atoms with van der Waals surface area (Å²) in [5, 5.41) is 11.6. The number of hydrogen-bond donors (Lipinski definition) is 2. The summed E-state index contributed by atoms with van der Waals surface area (Å²) in [5.74, 6) is -0.0437. The van der Waals surface area contributed by atoms with Crippen LogP contribution in [0.5, 0.6) is 0 Å². The van der Waals surface area contributed by atoms with Crippen LogP contribution < -0.4 is 5.32 Å². The lowest BCUT2D eigenvalue weighted by Gasteiger charge is -2.11. The molecular weight excluding hydrogens is 210 g/mol. The zero-order valence-corrected chi connectivity index (χ0v) is 10.1. The number of hydrogen-bond acceptors (Lipinski definition) is 3. The molecule has 0 aliphatic heterocycles. The second-order valence-corrected chi connectivity index (χ2v) is 5.17. The Bertz CT molecular complexity index is 346. The van der Waals surface area contributed by atoms with Crippen molar-refractivity contribution in [3.05, 3.63) is 21.4 Å². The molecule has 1 atom stereocenters. The molecule has 0 radical (unpaired) electrons. The minimum atomic E-state index is -0.0437. The fourth-order valence-electron chi connectivity index (χ4n) is 1.42. The van der Waals surface area contributed by atoms with Crippen LogP contribution in [0, 0.1) is 13.8 Å². The van der Waals surface area contributed by atoms with Crippen LogP contribution in [0.4, 0.5) is 0 Å². The highest BCUT2D eigenvalue weighted by Gasteiger charge is 2.13. The second-order valence-electron chi connectivity index (χ2n) is 3.71. The van der Waals surface area contributed by atoms with Crippen molar-refractivity contribution in [2.75, 3.05) is 6.61 Å². The number of thiophene rings is 1. The van der Waals surface area contributed by atoms with Gasteiger partial charge in [-0.1, -0.05) is 0 Å². The topological polar surface area (TPSA) is 49.3 Å². The van der Waals surface area contributed by atoms with E-state index in [-0.39, 0.29) is 18.6 Å². The van der Waals surface area contributed by atoms with Crippen molar-refractivity contribution in [1.29, 1.82) is 0 Å². The van der Waals surface area contributed by atoms with Gasteiger partial charge in [0.1, 0.15) is 0 Å². The van der Waals surface area contributed by atoms with Crippen LogP contribution >= 0.6 is 11.3 Å². The highest BCUT2D eigenvalue weighted by atomic mass is 32.1. The van der Waals surface area contributed by atoms with Crippen LogP contribution in [-0.4, -0.2) is 23.7 Å². The average molecular weight is 227 g/mol. The molecule has 3 nitrogen and oxygen atoms in total. The van der Waals surface area contributed by atoms with Crippen LogP contribution in [-0.2, 0) is 0 Å². The molecule has 1 unspecified atom stereocenters. The Balaban J connectivity index is 2.65. The van der Waals surface area contributed by atoms with Crippen LogP contribution in [0.3, 0.4) is 0 Å². The minimum Gasteiger partial charge on any atom is -0.396 e. The molecule has 1 rings (SSSR count). The van der Waals surface area contributed by atoms with Crippen molar-refractivity contribution in [3.8, 4) is 0 Å². The highest BCUT2D eigenvalue weighted by Crippen LogP contribution is 2.20. The molecule has 1 amide bonds. The number of aliphatic hydroxyl groups excluding tert-OH is 1. The van der Waals surface area contributed by atoms with Crippen LogP contribution in [0.15, 0.2) is 6.07 Å². The molecule has 0 spiro atoms. The Labute approximate surface area is 94.1 Å². The van der Waals surface area contributed by atoms with Crippen LogP contribution in [0.25, 0.3) is 0 Å². The van der Waals surface area contributed by atoms with Gasteiger partial charge in [0.25, 0.3) is 5.91 Å². The molecule has 0 saturated carbocycles. The van der Waals surface area contributed by atoms with E-state index in [0.717, 1.165) is 15.3 Å². The van der Waals surface area contributed by atoms with Crippen molar-refractivity contribution in [3.63, 3.8) is 0 Å². The molecule has 0 bridgehead atoms. The highest BCUT2D eigenvalue weighted by molar-refractivity contribution is 7.12. The first-order chi connectivity index (χ1) is 7.04. The SMILES string of the molecule is Cc1cc(C(=O)NC(C)CCO)c(C)s1. The van der Waals surface area contributed by atoms with Gasteiger partial charge in [0.05, 0.1) is 5.56 Å². The summed E-state index contributed by atoms with van der Waals surface area (Å²) in [7, 11) is 0. The molecule has 0 aliphatic rings. The fraction of sp³-hybridized carbons (Fsp3) is 0.545. The minimum absolute atomic E-state index is 0.0158. The predicted octanol–water partition coefficient (Wildman–Crippen LogP) is 1.87. The van der Waals surface area contributed by atoms with Gasteiger partial charge in [-0.2, -0.15) is 0 Å². The molecule has 0 aromatic carbocycles. The predicted molar refractivity (Wildman–Crippen MR) is 62.4 cm³/mol. The lowest BCUT2D eigenvalue weighted by Crippen LogP contribution is -2.33. The maximum absolute atomic E-state index is 11.8. The van der Waals surface area contributed by atoms with E-state index in [0.29, 0.717) is 6.42 Å². The summed E-state index contributed by atoms with van der Waals surface area (Å²) in [4.78, 5) is 14.0. The smallest absolute Gasteiger partial charge is 0.252 e. The molecule has 1 heterocycles. The van der Waals surface area contributed by atoms with Gasteiger partial charge in [-0.3, -0.25) is 4.79 Å². The first-order valence-electron chi connectivity index (χ1n) is 5.03.